The van der Waals surface area contributed by atoms with Crippen molar-refractivity contribution in [2.24, 2.45) is 0 Å². The number of carbonyl (C=O) groups is 1. The Morgan fingerprint density at radius 1 is 1.10 bits per heavy atom. The van der Waals surface area contributed by atoms with E-state index in [1.807, 2.05) is 84.3 Å². The largest absolute Gasteiger partial charge is 0.496 e. The van der Waals surface area contributed by atoms with Gasteiger partial charge in [-0.05, 0) is 48.9 Å². The summed E-state index contributed by atoms with van der Waals surface area (Å²) < 4.78 is 7.42. The van der Waals surface area contributed by atoms with E-state index in [1.165, 1.54) is 11.8 Å². The van der Waals surface area contributed by atoms with Gasteiger partial charge in [-0.2, -0.15) is 0 Å². The van der Waals surface area contributed by atoms with Gasteiger partial charge in [-0.1, -0.05) is 30.3 Å². The minimum absolute atomic E-state index is 0.0858. The number of amides is 1. The van der Waals surface area contributed by atoms with Crippen molar-refractivity contribution >= 4 is 29.1 Å². The second-order valence-corrected chi connectivity index (χ2v) is 7.64. The minimum atomic E-state index is -0.0858. The fourth-order valence-electron chi connectivity index (χ4n) is 3.13. The molecule has 2 aromatic heterocycles. The maximum atomic E-state index is 12.7. The van der Waals surface area contributed by atoms with E-state index in [-0.39, 0.29) is 5.91 Å². The van der Waals surface area contributed by atoms with Crippen LogP contribution < -0.4 is 10.1 Å². The molecule has 4 aromatic rings. The molecule has 0 bridgehead atoms. The quantitative estimate of drug-likeness (QED) is 0.458. The smallest absolute Gasteiger partial charge is 0.235 e. The molecular formula is C23H21N3O2S. The number of imidazole rings is 1. The molecular weight excluding hydrogens is 382 g/mol. The van der Waals surface area contributed by atoms with Crippen LogP contribution in [0.4, 0.5) is 5.82 Å². The zero-order valence-corrected chi connectivity index (χ0v) is 17.1. The number of benzene rings is 2. The van der Waals surface area contributed by atoms with Gasteiger partial charge in [-0.25, -0.2) is 4.98 Å². The van der Waals surface area contributed by atoms with Crippen molar-refractivity contribution in [2.45, 2.75) is 11.8 Å². The fourth-order valence-corrected chi connectivity index (χ4v) is 3.85. The fraction of sp³-hybridized carbons (Fsp3) is 0.130. The van der Waals surface area contributed by atoms with Crippen molar-refractivity contribution in [1.29, 1.82) is 0 Å². The summed E-state index contributed by atoms with van der Waals surface area (Å²) in [5, 5.41) is 3.06. The van der Waals surface area contributed by atoms with Crippen LogP contribution in [0.1, 0.15) is 5.56 Å². The van der Waals surface area contributed by atoms with E-state index in [9.17, 15) is 4.79 Å². The van der Waals surface area contributed by atoms with Crippen LogP contribution in [0, 0.1) is 6.92 Å². The Labute approximate surface area is 173 Å². The molecule has 0 spiro atoms. The molecule has 0 unspecified atom stereocenters. The molecule has 0 fully saturated rings. The van der Waals surface area contributed by atoms with Gasteiger partial charge >= 0.3 is 0 Å². The highest BCUT2D eigenvalue weighted by molar-refractivity contribution is 8.00. The average molecular weight is 404 g/mol. The predicted octanol–water partition coefficient (Wildman–Crippen LogP) is 5.05. The molecule has 1 amide bonds. The maximum absolute atomic E-state index is 12.7. The number of methoxy groups -OCH3 is 1. The number of aryl methyl sites for hydroxylation is 1. The average Bonchev–Trinajstić information content (AvgIpc) is 3.10. The number of pyridine rings is 1. The van der Waals surface area contributed by atoms with Crippen molar-refractivity contribution in [2.75, 3.05) is 18.2 Å². The van der Waals surface area contributed by atoms with Crippen molar-refractivity contribution in [3.63, 3.8) is 0 Å². The Hall–Kier alpha value is -3.25. The summed E-state index contributed by atoms with van der Waals surface area (Å²) in [4.78, 5) is 18.6. The molecule has 0 atom stereocenters. The summed E-state index contributed by atoms with van der Waals surface area (Å²) >= 11 is 1.50. The van der Waals surface area contributed by atoms with E-state index in [0.717, 1.165) is 21.7 Å². The topological polar surface area (TPSA) is 55.6 Å². The third-order valence-corrected chi connectivity index (χ3v) is 5.53. The number of nitrogens with one attached hydrogen (secondary N) is 1. The molecule has 0 aliphatic carbocycles. The number of hydrogen-bond acceptors (Lipinski definition) is 4. The lowest BCUT2D eigenvalue weighted by Gasteiger charge is -2.10. The van der Waals surface area contributed by atoms with Crippen LogP contribution in [0.2, 0.25) is 0 Å². The van der Waals surface area contributed by atoms with Gasteiger partial charge in [0, 0.05) is 16.7 Å². The molecule has 0 aliphatic rings. The lowest BCUT2D eigenvalue weighted by molar-refractivity contribution is -0.113. The molecule has 2 aromatic carbocycles. The molecule has 0 aliphatic heterocycles. The molecule has 2 heterocycles. The van der Waals surface area contributed by atoms with Crippen molar-refractivity contribution < 1.29 is 9.53 Å². The number of para-hydroxylation sites is 1. The van der Waals surface area contributed by atoms with Gasteiger partial charge < -0.3 is 10.1 Å². The number of carbonyl (C=O) groups excluding carboxylic acids is 1. The standard InChI is InChI=1S/C23H21N3O2S/c1-16-12-13-26-20(14-16)24-22(18-10-6-7-11-19(18)28-2)23(26)25-21(27)15-29-17-8-4-3-5-9-17/h3-14H,15H2,1-2H3,(H,25,27). The van der Waals surface area contributed by atoms with Gasteiger partial charge in [0.05, 0.1) is 12.9 Å². The second kappa shape index (κ2) is 8.41. The normalized spacial score (nSPS) is 10.8. The number of aromatic nitrogens is 2. The number of rotatable bonds is 6. The van der Waals surface area contributed by atoms with Crippen LogP contribution in [0.5, 0.6) is 5.75 Å². The number of thioether (sulfide) groups is 1. The summed E-state index contributed by atoms with van der Waals surface area (Å²) in [6.45, 7) is 2.02. The zero-order chi connectivity index (χ0) is 20.2. The Kier molecular flexibility index (Phi) is 5.53. The van der Waals surface area contributed by atoms with E-state index < -0.39 is 0 Å². The number of fused-ring (bicyclic) bond motifs is 1. The van der Waals surface area contributed by atoms with Crippen LogP contribution in [0.3, 0.4) is 0 Å². The highest BCUT2D eigenvalue weighted by atomic mass is 32.2. The third kappa shape index (κ3) is 4.12. The summed E-state index contributed by atoms with van der Waals surface area (Å²) in [6.07, 6.45) is 1.93. The Balaban J connectivity index is 1.69. The molecule has 0 saturated heterocycles. The first-order chi connectivity index (χ1) is 14.2. The van der Waals surface area contributed by atoms with E-state index in [1.54, 1.807) is 7.11 Å². The van der Waals surface area contributed by atoms with Crippen molar-refractivity contribution in [3.05, 3.63) is 78.5 Å². The van der Waals surface area contributed by atoms with Crippen LogP contribution >= 0.6 is 11.8 Å². The molecule has 29 heavy (non-hydrogen) atoms. The third-order valence-electron chi connectivity index (χ3n) is 4.51. The monoisotopic (exact) mass is 403 g/mol. The van der Waals surface area contributed by atoms with E-state index in [4.69, 9.17) is 9.72 Å². The van der Waals surface area contributed by atoms with Crippen LogP contribution in [-0.4, -0.2) is 28.2 Å². The first-order valence-electron chi connectivity index (χ1n) is 9.25. The van der Waals surface area contributed by atoms with Crippen LogP contribution in [-0.2, 0) is 4.79 Å². The van der Waals surface area contributed by atoms with Gasteiger partial charge in [0.2, 0.25) is 5.91 Å². The predicted molar refractivity (Wildman–Crippen MR) is 118 cm³/mol. The van der Waals surface area contributed by atoms with E-state index in [0.29, 0.717) is 23.0 Å². The highest BCUT2D eigenvalue weighted by Crippen LogP contribution is 2.35. The Morgan fingerprint density at radius 3 is 2.66 bits per heavy atom. The molecule has 1 N–H and O–H groups in total. The summed E-state index contributed by atoms with van der Waals surface area (Å²) in [6, 6.07) is 21.6. The molecule has 6 heteroatoms. The minimum Gasteiger partial charge on any atom is -0.496 e. The number of anilines is 1. The molecule has 146 valence electrons. The first-order valence-corrected chi connectivity index (χ1v) is 10.2. The lowest BCUT2D eigenvalue weighted by Crippen LogP contribution is -2.16. The summed E-state index contributed by atoms with van der Waals surface area (Å²) in [7, 11) is 1.63. The zero-order valence-electron chi connectivity index (χ0n) is 16.3. The van der Waals surface area contributed by atoms with Crippen molar-refractivity contribution in [3.8, 4) is 17.0 Å². The molecule has 0 radical (unpaired) electrons. The van der Waals surface area contributed by atoms with Gasteiger partial charge in [0.1, 0.15) is 22.9 Å². The second-order valence-electron chi connectivity index (χ2n) is 6.59. The van der Waals surface area contributed by atoms with Gasteiger partial charge in [0.25, 0.3) is 0 Å². The van der Waals surface area contributed by atoms with Crippen LogP contribution in [0.15, 0.2) is 77.8 Å². The van der Waals surface area contributed by atoms with E-state index in [2.05, 4.69) is 5.32 Å². The summed E-state index contributed by atoms with van der Waals surface area (Å²) in [5.74, 6) is 1.58. The van der Waals surface area contributed by atoms with E-state index >= 15 is 0 Å². The molecule has 5 nitrogen and oxygen atoms in total. The Morgan fingerprint density at radius 2 is 1.86 bits per heavy atom. The van der Waals surface area contributed by atoms with Gasteiger partial charge in [0.15, 0.2) is 0 Å². The Bertz CT molecular complexity index is 1160. The van der Waals surface area contributed by atoms with Gasteiger partial charge in [-0.15, -0.1) is 11.8 Å². The van der Waals surface area contributed by atoms with Gasteiger partial charge in [-0.3, -0.25) is 9.20 Å². The molecule has 0 saturated carbocycles. The lowest BCUT2D eigenvalue weighted by atomic mass is 10.1. The highest BCUT2D eigenvalue weighted by Gasteiger charge is 2.19. The van der Waals surface area contributed by atoms with Crippen LogP contribution in [0.25, 0.3) is 16.9 Å². The van der Waals surface area contributed by atoms with Crippen molar-refractivity contribution in [1.82, 2.24) is 9.38 Å². The molecule has 4 rings (SSSR count). The maximum Gasteiger partial charge on any atom is 0.235 e. The number of hydrogen-bond donors (Lipinski definition) is 1. The summed E-state index contributed by atoms with van der Waals surface area (Å²) in [5.41, 5.74) is 3.40. The SMILES string of the molecule is COc1ccccc1-c1nc2cc(C)ccn2c1NC(=O)CSc1ccccc1. The first kappa shape index (κ1) is 19.1. The number of ether oxygens (including phenoxy) is 1. The number of nitrogens with zero attached hydrogens (tertiary/aromatic N) is 2.